The Morgan fingerprint density at radius 1 is 1.42 bits per heavy atom. The summed E-state index contributed by atoms with van der Waals surface area (Å²) in [6, 6.07) is 0.740. The van der Waals surface area contributed by atoms with Crippen molar-refractivity contribution in [2.45, 2.75) is 58.3 Å². The number of aliphatic hydroxyl groups is 1. The summed E-state index contributed by atoms with van der Waals surface area (Å²) in [5.41, 5.74) is 2.53. The van der Waals surface area contributed by atoms with Crippen molar-refractivity contribution in [3.8, 4) is 5.75 Å². The van der Waals surface area contributed by atoms with Crippen molar-refractivity contribution in [3.05, 3.63) is 23.5 Å². The van der Waals surface area contributed by atoms with Crippen LogP contribution < -0.4 is 10.1 Å². The van der Waals surface area contributed by atoms with Gasteiger partial charge >= 0.3 is 0 Å². The number of ether oxygens (including phenoxy) is 1. The van der Waals surface area contributed by atoms with E-state index in [0.29, 0.717) is 12.0 Å². The van der Waals surface area contributed by atoms with Crippen LogP contribution in [-0.4, -0.2) is 53.9 Å². The Bertz CT molecular complexity index is 587. The molecular weight excluding hydrogens is 302 g/mol. The van der Waals surface area contributed by atoms with Crippen LogP contribution in [0.15, 0.2) is 12.4 Å². The molecule has 2 fully saturated rings. The predicted octanol–water partition coefficient (Wildman–Crippen LogP) is 1.97. The first kappa shape index (κ1) is 17.6. The zero-order chi connectivity index (χ0) is 17.5. The molecule has 0 bridgehead atoms. The molecule has 2 unspecified atom stereocenters. The van der Waals surface area contributed by atoms with Gasteiger partial charge in [0.25, 0.3) is 0 Å². The fraction of sp³-hybridized carbons (Fsp3) is 0.737. The fourth-order valence-corrected chi connectivity index (χ4v) is 5.23. The van der Waals surface area contributed by atoms with Crippen molar-refractivity contribution >= 4 is 0 Å². The van der Waals surface area contributed by atoms with E-state index in [1.807, 2.05) is 6.20 Å². The maximum Gasteiger partial charge on any atom is 0.140 e. The van der Waals surface area contributed by atoms with Crippen LogP contribution in [0.2, 0.25) is 0 Å². The topological polar surface area (TPSA) is 57.6 Å². The number of methoxy groups -OCH3 is 1. The molecular formula is C19H31N3O2. The van der Waals surface area contributed by atoms with E-state index in [-0.39, 0.29) is 17.6 Å². The third-order valence-electron chi connectivity index (χ3n) is 6.05. The van der Waals surface area contributed by atoms with Crippen LogP contribution in [0, 0.1) is 18.3 Å². The molecule has 2 aliphatic rings. The average Bonchev–Trinajstić information content (AvgIpc) is 2.83. The second-order valence-corrected chi connectivity index (χ2v) is 8.06. The summed E-state index contributed by atoms with van der Waals surface area (Å²) in [7, 11) is 3.87. The monoisotopic (exact) mass is 333 g/mol. The molecule has 1 spiro atoms. The van der Waals surface area contributed by atoms with Crippen LogP contribution in [0.4, 0.5) is 0 Å². The lowest BCUT2D eigenvalue weighted by atomic mass is 9.66. The van der Waals surface area contributed by atoms with Crippen LogP contribution in [0.25, 0.3) is 0 Å². The Balaban J connectivity index is 1.65. The molecule has 134 valence electrons. The molecule has 1 aromatic rings. The molecule has 4 atom stereocenters. The van der Waals surface area contributed by atoms with Gasteiger partial charge in [0.15, 0.2) is 0 Å². The van der Waals surface area contributed by atoms with Gasteiger partial charge in [-0.05, 0) is 43.9 Å². The molecule has 1 saturated heterocycles. The zero-order valence-electron chi connectivity index (χ0n) is 15.5. The van der Waals surface area contributed by atoms with E-state index < -0.39 is 0 Å². The molecule has 1 aromatic heterocycles. The highest BCUT2D eigenvalue weighted by Crippen LogP contribution is 2.52. The Hall–Kier alpha value is -1.17. The van der Waals surface area contributed by atoms with Gasteiger partial charge in [0, 0.05) is 36.8 Å². The first-order valence-electron chi connectivity index (χ1n) is 8.97. The van der Waals surface area contributed by atoms with Crippen LogP contribution in [0.5, 0.6) is 5.75 Å². The summed E-state index contributed by atoms with van der Waals surface area (Å²) >= 11 is 0. The van der Waals surface area contributed by atoms with Crippen LogP contribution >= 0.6 is 0 Å². The number of aromatic nitrogens is 1. The second-order valence-electron chi connectivity index (χ2n) is 8.06. The molecule has 24 heavy (non-hydrogen) atoms. The van der Waals surface area contributed by atoms with Gasteiger partial charge in [-0.15, -0.1) is 0 Å². The van der Waals surface area contributed by atoms with Gasteiger partial charge < -0.3 is 20.1 Å². The lowest BCUT2D eigenvalue weighted by molar-refractivity contribution is -0.0828. The van der Waals surface area contributed by atoms with Crippen LogP contribution in [0.3, 0.4) is 0 Å². The molecule has 1 aliphatic carbocycles. The molecule has 3 rings (SSSR count). The summed E-state index contributed by atoms with van der Waals surface area (Å²) < 4.78 is 5.35. The molecule has 1 aliphatic heterocycles. The second kappa shape index (κ2) is 6.62. The number of likely N-dealkylation sites (tertiary alicyclic amines) is 1. The van der Waals surface area contributed by atoms with Gasteiger partial charge in [0.1, 0.15) is 5.75 Å². The van der Waals surface area contributed by atoms with Gasteiger partial charge in [-0.25, -0.2) is 0 Å². The summed E-state index contributed by atoms with van der Waals surface area (Å²) in [6.07, 6.45) is 5.33. The Morgan fingerprint density at radius 3 is 2.79 bits per heavy atom. The van der Waals surface area contributed by atoms with Gasteiger partial charge in [0.2, 0.25) is 0 Å². The van der Waals surface area contributed by atoms with Crippen molar-refractivity contribution in [2.24, 2.45) is 11.3 Å². The minimum Gasteiger partial charge on any atom is -0.495 e. The van der Waals surface area contributed by atoms with Gasteiger partial charge in [-0.2, -0.15) is 0 Å². The number of hydrogen-bond donors (Lipinski definition) is 2. The van der Waals surface area contributed by atoms with E-state index in [2.05, 4.69) is 43.0 Å². The molecule has 2 N–H and O–H groups in total. The quantitative estimate of drug-likeness (QED) is 0.863. The van der Waals surface area contributed by atoms with E-state index >= 15 is 0 Å². The molecule has 5 heteroatoms. The van der Waals surface area contributed by atoms with E-state index in [1.165, 1.54) is 0 Å². The van der Waals surface area contributed by atoms with E-state index in [9.17, 15) is 5.11 Å². The molecule has 0 amide bonds. The summed E-state index contributed by atoms with van der Waals surface area (Å²) in [5, 5.41) is 14.2. The minimum atomic E-state index is -0.265. The Labute approximate surface area is 145 Å². The molecule has 1 saturated carbocycles. The third kappa shape index (κ3) is 2.93. The fourth-order valence-electron chi connectivity index (χ4n) is 5.23. The standard InChI is InChI=1S/C19H31N3O2/c1-12(2)18-19(11-22(18)4)6-15(16(23)7-19)21-9-14-8-20-10-17(24-5)13(14)3/h8,10,12,15-16,18,21,23H,6-7,9,11H2,1-5H3/t15-,16-,18?,19?/m1/s1. The van der Waals surface area contributed by atoms with E-state index in [0.717, 1.165) is 42.8 Å². The SMILES string of the molecule is COc1cncc(CN[C@@H]2CC3(C[C@H]2O)CN(C)C3C(C)C)c1C. The number of nitrogens with zero attached hydrogens (tertiary/aromatic N) is 2. The minimum absolute atomic E-state index is 0.158. The highest BCUT2D eigenvalue weighted by molar-refractivity contribution is 5.35. The maximum atomic E-state index is 10.6. The van der Waals surface area contributed by atoms with Gasteiger partial charge in [0.05, 0.1) is 19.4 Å². The number of aliphatic hydroxyl groups excluding tert-OH is 1. The smallest absolute Gasteiger partial charge is 0.140 e. The van der Waals surface area contributed by atoms with Crippen molar-refractivity contribution in [3.63, 3.8) is 0 Å². The van der Waals surface area contributed by atoms with Crippen molar-refractivity contribution in [2.75, 3.05) is 20.7 Å². The van der Waals surface area contributed by atoms with Crippen LogP contribution in [-0.2, 0) is 6.54 Å². The third-order valence-corrected chi connectivity index (χ3v) is 6.05. The number of rotatable bonds is 5. The van der Waals surface area contributed by atoms with E-state index in [1.54, 1.807) is 13.3 Å². The Morgan fingerprint density at radius 2 is 2.17 bits per heavy atom. The average molecular weight is 333 g/mol. The highest BCUT2D eigenvalue weighted by Gasteiger charge is 2.57. The largest absolute Gasteiger partial charge is 0.495 e. The van der Waals surface area contributed by atoms with Crippen molar-refractivity contribution in [1.82, 2.24) is 15.2 Å². The highest BCUT2D eigenvalue weighted by atomic mass is 16.5. The molecule has 0 aromatic carbocycles. The number of hydrogen-bond acceptors (Lipinski definition) is 5. The van der Waals surface area contributed by atoms with Gasteiger partial charge in [-0.3, -0.25) is 4.98 Å². The lowest BCUT2D eigenvalue weighted by Gasteiger charge is -2.57. The molecule has 2 heterocycles. The molecule has 0 radical (unpaired) electrons. The number of nitrogens with one attached hydrogen (secondary N) is 1. The summed E-state index contributed by atoms with van der Waals surface area (Å²) in [4.78, 5) is 6.69. The lowest BCUT2D eigenvalue weighted by Crippen LogP contribution is -2.64. The Kier molecular flexibility index (Phi) is 4.87. The molecule has 5 nitrogen and oxygen atoms in total. The maximum absolute atomic E-state index is 10.6. The van der Waals surface area contributed by atoms with Gasteiger partial charge in [-0.1, -0.05) is 13.8 Å². The number of pyridine rings is 1. The first-order chi connectivity index (χ1) is 11.4. The van der Waals surface area contributed by atoms with Crippen molar-refractivity contribution in [1.29, 1.82) is 0 Å². The zero-order valence-corrected chi connectivity index (χ0v) is 15.5. The van der Waals surface area contributed by atoms with Crippen molar-refractivity contribution < 1.29 is 9.84 Å². The predicted molar refractivity (Wildman–Crippen MR) is 95.1 cm³/mol. The first-order valence-corrected chi connectivity index (χ1v) is 8.97. The summed E-state index contributed by atoms with van der Waals surface area (Å²) in [6.45, 7) is 8.46. The normalized spacial score (nSPS) is 33.2. The van der Waals surface area contributed by atoms with E-state index in [4.69, 9.17) is 4.74 Å². The van der Waals surface area contributed by atoms with Crippen LogP contribution in [0.1, 0.15) is 37.8 Å². The summed E-state index contributed by atoms with van der Waals surface area (Å²) in [5.74, 6) is 1.44.